The molecule has 2 saturated carbocycles. The van der Waals surface area contributed by atoms with E-state index in [1.807, 2.05) is 26.0 Å². The summed E-state index contributed by atoms with van der Waals surface area (Å²) in [5.41, 5.74) is 3.76. The van der Waals surface area contributed by atoms with E-state index in [0.29, 0.717) is 18.0 Å². The van der Waals surface area contributed by atoms with E-state index in [2.05, 4.69) is 15.5 Å². The zero-order chi connectivity index (χ0) is 20.2. The molecule has 0 radical (unpaired) electrons. The molecule has 6 heteroatoms. The summed E-state index contributed by atoms with van der Waals surface area (Å²) in [5, 5.41) is 33.9. The number of nitrogens with one attached hydrogen (secondary N) is 1. The summed E-state index contributed by atoms with van der Waals surface area (Å²) in [6.07, 6.45) is 6.76. The fourth-order valence-electron chi connectivity index (χ4n) is 4.79. The Labute approximate surface area is 171 Å². The molecule has 2 aliphatic carbocycles. The molecule has 2 aromatic rings. The van der Waals surface area contributed by atoms with Crippen LogP contribution in [0.2, 0.25) is 0 Å². The van der Waals surface area contributed by atoms with Crippen LogP contribution < -0.4 is 5.32 Å². The van der Waals surface area contributed by atoms with E-state index >= 15 is 0 Å². The monoisotopic (exact) mass is 395 g/mol. The highest BCUT2D eigenvalue weighted by molar-refractivity contribution is 5.73. The molecule has 2 fully saturated rings. The second-order valence-electron chi connectivity index (χ2n) is 9.32. The minimum absolute atomic E-state index is 0.0508. The predicted molar refractivity (Wildman–Crippen MR) is 111 cm³/mol. The van der Waals surface area contributed by atoms with Crippen LogP contribution in [0.1, 0.15) is 62.1 Å². The maximum Gasteiger partial charge on any atom is 0.154 e. The number of aromatic hydroxyl groups is 1. The zero-order valence-electron chi connectivity index (χ0n) is 17.2. The van der Waals surface area contributed by atoms with Crippen molar-refractivity contribution in [2.24, 2.45) is 0 Å². The van der Waals surface area contributed by atoms with Crippen LogP contribution in [0.3, 0.4) is 0 Å². The van der Waals surface area contributed by atoms with E-state index in [1.54, 1.807) is 6.07 Å². The summed E-state index contributed by atoms with van der Waals surface area (Å²) in [5.74, 6) is 0.937. The van der Waals surface area contributed by atoms with Crippen molar-refractivity contribution in [3.05, 3.63) is 34.9 Å². The Morgan fingerprint density at radius 2 is 1.97 bits per heavy atom. The SMILES string of the molecule is Cc1ccc(-c2nnc(N[C@@H]3CCCC[C@@]3(C)O)c3c2CC2(CC2)OC3)c(O)c1. The lowest BCUT2D eigenvalue weighted by molar-refractivity contribution is 0.00568. The molecule has 0 bridgehead atoms. The standard InChI is InChI=1S/C23H29N3O3/c1-14-6-7-15(18(27)11-14)20-16-12-23(9-10-23)29-13-17(16)21(26-25-20)24-19-5-3-4-8-22(19,2)28/h6-7,11,19,27-28H,3-5,8-10,12-13H2,1-2H3,(H,24,26)/t19-,22-/m1/s1. The number of fused-ring (bicyclic) bond motifs is 1. The van der Waals surface area contributed by atoms with Gasteiger partial charge < -0.3 is 20.3 Å². The van der Waals surface area contributed by atoms with Crippen LogP contribution >= 0.6 is 0 Å². The first-order chi connectivity index (χ1) is 13.9. The molecule has 154 valence electrons. The minimum Gasteiger partial charge on any atom is -0.507 e. The Hall–Kier alpha value is -2.18. The number of phenols is 1. The topological polar surface area (TPSA) is 87.5 Å². The summed E-state index contributed by atoms with van der Waals surface area (Å²) in [6.45, 7) is 4.35. The Morgan fingerprint density at radius 3 is 2.69 bits per heavy atom. The van der Waals surface area contributed by atoms with E-state index in [9.17, 15) is 10.2 Å². The summed E-state index contributed by atoms with van der Waals surface area (Å²) in [4.78, 5) is 0. The van der Waals surface area contributed by atoms with Gasteiger partial charge in [0.2, 0.25) is 0 Å². The average Bonchev–Trinajstić information content (AvgIpc) is 3.42. The smallest absolute Gasteiger partial charge is 0.154 e. The minimum atomic E-state index is -0.756. The Bertz CT molecular complexity index is 953. The fraction of sp³-hybridized carbons (Fsp3) is 0.565. The number of anilines is 1. The largest absolute Gasteiger partial charge is 0.507 e. The molecule has 1 aliphatic heterocycles. The lowest BCUT2D eigenvalue weighted by atomic mass is 9.81. The van der Waals surface area contributed by atoms with Crippen molar-refractivity contribution in [1.29, 1.82) is 0 Å². The molecule has 1 aromatic heterocycles. The Morgan fingerprint density at radius 1 is 1.14 bits per heavy atom. The number of ether oxygens (including phenoxy) is 1. The summed E-state index contributed by atoms with van der Waals surface area (Å²) in [6, 6.07) is 5.62. The summed E-state index contributed by atoms with van der Waals surface area (Å²) >= 11 is 0. The van der Waals surface area contributed by atoms with E-state index in [1.165, 1.54) is 0 Å². The number of aliphatic hydroxyl groups is 1. The van der Waals surface area contributed by atoms with Gasteiger partial charge in [-0.3, -0.25) is 0 Å². The van der Waals surface area contributed by atoms with E-state index in [0.717, 1.165) is 67.3 Å². The van der Waals surface area contributed by atoms with Gasteiger partial charge in [0.25, 0.3) is 0 Å². The molecule has 5 rings (SSSR count). The number of rotatable bonds is 3. The van der Waals surface area contributed by atoms with Crippen molar-refractivity contribution >= 4 is 5.82 Å². The lowest BCUT2D eigenvalue weighted by Gasteiger charge is -2.38. The molecule has 6 nitrogen and oxygen atoms in total. The molecular formula is C23H29N3O3. The van der Waals surface area contributed by atoms with Crippen molar-refractivity contribution in [3.8, 4) is 17.0 Å². The molecule has 1 spiro atoms. The number of hydrogen-bond acceptors (Lipinski definition) is 6. The van der Waals surface area contributed by atoms with Crippen molar-refractivity contribution < 1.29 is 14.9 Å². The van der Waals surface area contributed by atoms with Crippen molar-refractivity contribution in [2.75, 3.05) is 5.32 Å². The Balaban J connectivity index is 1.56. The van der Waals surface area contributed by atoms with Gasteiger partial charge in [-0.25, -0.2) is 0 Å². The molecular weight excluding hydrogens is 366 g/mol. The number of aryl methyl sites for hydroxylation is 1. The summed E-state index contributed by atoms with van der Waals surface area (Å²) in [7, 11) is 0. The number of phenolic OH excluding ortho intramolecular Hbond substituents is 1. The van der Waals surface area contributed by atoms with Crippen LogP contribution in [0.15, 0.2) is 18.2 Å². The molecule has 3 N–H and O–H groups in total. The van der Waals surface area contributed by atoms with Gasteiger partial charge in [0, 0.05) is 17.5 Å². The van der Waals surface area contributed by atoms with E-state index in [4.69, 9.17) is 4.74 Å². The molecule has 1 aromatic carbocycles. The van der Waals surface area contributed by atoms with E-state index in [-0.39, 0.29) is 17.4 Å². The third kappa shape index (κ3) is 3.38. The van der Waals surface area contributed by atoms with Crippen molar-refractivity contribution in [1.82, 2.24) is 10.2 Å². The average molecular weight is 396 g/mol. The predicted octanol–water partition coefficient (Wildman–Crippen LogP) is 3.87. The quantitative estimate of drug-likeness (QED) is 0.731. The molecule has 29 heavy (non-hydrogen) atoms. The van der Waals surface area contributed by atoms with Gasteiger partial charge in [-0.15, -0.1) is 10.2 Å². The zero-order valence-corrected chi connectivity index (χ0v) is 17.2. The second-order valence-corrected chi connectivity index (χ2v) is 9.32. The van der Waals surface area contributed by atoms with Crippen LogP contribution in [-0.2, 0) is 17.8 Å². The highest BCUT2D eigenvalue weighted by Gasteiger charge is 2.48. The molecule has 0 saturated heterocycles. The molecule has 2 atom stereocenters. The van der Waals surface area contributed by atoms with Gasteiger partial charge >= 0.3 is 0 Å². The first-order valence-corrected chi connectivity index (χ1v) is 10.7. The molecule has 2 heterocycles. The third-order valence-corrected chi connectivity index (χ3v) is 6.91. The van der Waals surface area contributed by atoms with Gasteiger partial charge in [-0.1, -0.05) is 18.9 Å². The number of benzene rings is 1. The van der Waals surface area contributed by atoms with Gasteiger partial charge in [-0.05, 0) is 62.8 Å². The number of aromatic nitrogens is 2. The van der Waals surface area contributed by atoms with Crippen LogP contribution in [-0.4, -0.2) is 37.7 Å². The normalized spacial score (nSPS) is 27.5. The van der Waals surface area contributed by atoms with Crippen molar-refractivity contribution in [2.45, 2.75) is 82.6 Å². The maximum absolute atomic E-state index is 10.8. The molecule has 0 amide bonds. The summed E-state index contributed by atoms with van der Waals surface area (Å²) < 4.78 is 6.19. The van der Waals surface area contributed by atoms with Crippen LogP contribution in [0, 0.1) is 6.92 Å². The first kappa shape index (κ1) is 18.8. The van der Waals surface area contributed by atoms with Crippen molar-refractivity contribution in [3.63, 3.8) is 0 Å². The van der Waals surface area contributed by atoms with Crippen LogP contribution in [0.4, 0.5) is 5.82 Å². The van der Waals surface area contributed by atoms with Gasteiger partial charge in [-0.2, -0.15) is 0 Å². The molecule has 0 unspecified atom stereocenters. The highest BCUT2D eigenvalue weighted by atomic mass is 16.5. The Kier molecular flexibility index (Phi) is 4.33. The van der Waals surface area contributed by atoms with Crippen LogP contribution in [0.25, 0.3) is 11.3 Å². The molecule has 3 aliphatic rings. The second kappa shape index (κ2) is 6.67. The van der Waals surface area contributed by atoms with E-state index < -0.39 is 5.60 Å². The highest BCUT2D eigenvalue weighted by Crippen LogP contribution is 2.49. The fourth-order valence-corrected chi connectivity index (χ4v) is 4.79. The number of hydrogen-bond donors (Lipinski definition) is 3. The van der Waals surface area contributed by atoms with Gasteiger partial charge in [0.15, 0.2) is 5.82 Å². The van der Waals surface area contributed by atoms with Crippen LogP contribution in [0.5, 0.6) is 5.75 Å². The third-order valence-electron chi connectivity index (χ3n) is 6.91. The lowest BCUT2D eigenvalue weighted by Crippen LogP contribution is -2.47. The van der Waals surface area contributed by atoms with Gasteiger partial charge in [0.05, 0.1) is 23.9 Å². The number of nitrogens with zero attached hydrogens (tertiary/aromatic N) is 2. The maximum atomic E-state index is 10.8. The first-order valence-electron chi connectivity index (χ1n) is 10.7. The van der Waals surface area contributed by atoms with Gasteiger partial charge in [0.1, 0.15) is 11.4 Å².